The lowest BCUT2D eigenvalue weighted by atomic mass is 10.2. The summed E-state index contributed by atoms with van der Waals surface area (Å²) in [5.41, 5.74) is 0.0726. The van der Waals surface area contributed by atoms with Crippen molar-refractivity contribution in [3.63, 3.8) is 0 Å². The Hall–Kier alpha value is -0.320. The highest BCUT2D eigenvalue weighted by atomic mass is 35.7. The Morgan fingerprint density at radius 2 is 1.92 bits per heavy atom. The van der Waals surface area contributed by atoms with Crippen LogP contribution in [-0.4, -0.2) is 8.42 Å². The second-order valence-corrected chi connectivity index (χ2v) is 5.36. The molecule has 72 valence electrons. The maximum atomic E-state index is 13.2. The van der Waals surface area contributed by atoms with E-state index in [0.29, 0.717) is 0 Å². The van der Waals surface area contributed by atoms with E-state index >= 15 is 0 Å². The van der Waals surface area contributed by atoms with Crippen molar-refractivity contribution in [3.8, 4) is 0 Å². The van der Waals surface area contributed by atoms with E-state index in [1.165, 1.54) is 13.0 Å². The molecule has 0 fully saturated rings. The summed E-state index contributed by atoms with van der Waals surface area (Å²) in [6.07, 6.45) is 0. The Labute approximate surface area is 84.7 Å². The molecule has 0 saturated carbocycles. The molecular formula is C7H5Cl2FO2S. The Morgan fingerprint density at radius 1 is 1.38 bits per heavy atom. The van der Waals surface area contributed by atoms with E-state index in [4.69, 9.17) is 22.3 Å². The van der Waals surface area contributed by atoms with E-state index in [2.05, 4.69) is 0 Å². The minimum Gasteiger partial charge on any atom is -0.207 e. The third-order valence-corrected chi connectivity index (χ3v) is 3.30. The van der Waals surface area contributed by atoms with Gasteiger partial charge in [-0.2, -0.15) is 0 Å². The average Bonchev–Trinajstić information content (AvgIpc) is 1.98. The van der Waals surface area contributed by atoms with Gasteiger partial charge >= 0.3 is 0 Å². The first-order valence-corrected chi connectivity index (χ1v) is 5.92. The summed E-state index contributed by atoms with van der Waals surface area (Å²) in [4.78, 5) is -0.545. The molecule has 13 heavy (non-hydrogen) atoms. The van der Waals surface area contributed by atoms with Crippen LogP contribution in [0.3, 0.4) is 0 Å². The largest absolute Gasteiger partial charge is 0.264 e. The van der Waals surface area contributed by atoms with Gasteiger partial charge in [-0.25, -0.2) is 12.8 Å². The van der Waals surface area contributed by atoms with Crippen molar-refractivity contribution >= 4 is 31.3 Å². The summed E-state index contributed by atoms with van der Waals surface area (Å²) in [6.45, 7) is 1.38. The zero-order valence-electron chi connectivity index (χ0n) is 6.51. The lowest BCUT2D eigenvalue weighted by Crippen LogP contribution is -1.97. The maximum absolute atomic E-state index is 13.2. The molecule has 0 bridgehead atoms. The molecule has 0 aliphatic heterocycles. The fourth-order valence-electron chi connectivity index (χ4n) is 0.825. The van der Waals surface area contributed by atoms with E-state index in [1.54, 1.807) is 0 Å². The van der Waals surface area contributed by atoms with Crippen molar-refractivity contribution in [3.05, 3.63) is 28.5 Å². The number of halogens is 3. The predicted molar refractivity (Wildman–Crippen MR) is 49.2 cm³/mol. The van der Waals surface area contributed by atoms with Crippen LogP contribution in [0.4, 0.5) is 4.39 Å². The highest BCUT2D eigenvalue weighted by Crippen LogP contribution is 2.26. The van der Waals surface area contributed by atoms with Crippen LogP contribution in [0, 0.1) is 12.7 Å². The van der Waals surface area contributed by atoms with Crippen molar-refractivity contribution in [2.75, 3.05) is 0 Å². The first kappa shape index (κ1) is 10.8. The molecule has 0 N–H and O–H groups in total. The molecule has 1 aromatic rings. The summed E-state index contributed by atoms with van der Waals surface area (Å²) in [6, 6.07) is 2.32. The van der Waals surface area contributed by atoms with Crippen LogP contribution in [-0.2, 0) is 9.05 Å². The van der Waals surface area contributed by atoms with Gasteiger partial charge in [0.25, 0.3) is 9.05 Å². The Bertz CT molecular complexity index is 442. The molecule has 0 heterocycles. The molecule has 1 aromatic carbocycles. The SMILES string of the molecule is Cc1c(Cl)ccc(S(=O)(=O)Cl)c1F. The van der Waals surface area contributed by atoms with E-state index in [0.717, 1.165) is 6.07 Å². The third kappa shape index (κ3) is 2.13. The quantitative estimate of drug-likeness (QED) is 0.710. The Balaban J connectivity index is 3.53. The Morgan fingerprint density at radius 3 is 2.38 bits per heavy atom. The minimum atomic E-state index is -4.03. The van der Waals surface area contributed by atoms with Crippen LogP contribution >= 0.6 is 22.3 Å². The fourth-order valence-corrected chi connectivity index (χ4v) is 1.93. The topological polar surface area (TPSA) is 34.1 Å². The molecule has 0 unspecified atom stereocenters. The highest BCUT2D eigenvalue weighted by Gasteiger charge is 2.18. The Kier molecular flexibility index (Phi) is 2.85. The predicted octanol–water partition coefficient (Wildman–Crippen LogP) is 2.72. The van der Waals surface area contributed by atoms with Crippen LogP contribution in [0.1, 0.15) is 5.56 Å². The molecule has 1 rings (SSSR count). The van der Waals surface area contributed by atoms with Crippen molar-refractivity contribution in [1.82, 2.24) is 0 Å². The van der Waals surface area contributed by atoms with Gasteiger partial charge in [0.15, 0.2) is 0 Å². The lowest BCUT2D eigenvalue weighted by molar-refractivity contribution is 0.570. The van der Waals surface area contributed by atoms with Crippen molar-refractivity contribution in [1.29, 1.82) is 0 Å². The first-order valence-electron chi connectivity index (χ1n) is 3.23. The third-order valence-electron chi connectivity index (χ3n) is 1.55. The standard InChI is InChI=1S/C7H5Cl2FO2S/c1-4-5(8)2-3-6(7(4)10)13(9,11)12/h2-3H,1H3. The second-order valence-electron chi connectivity index (χ2n) is 2.42. The summed E-state index contributed by atoms with van der Waals surface area (Å²) in [7, 11) is 0.943. The van der Waals surface area contributed by atoms with Gasteiger partial charge in [-0.15, -0.1) is 0 Å². The molecule has 0 aliphatic carbocycles. The van der Waals surface area contributed by atoms with E-state index < -0.39 is 19.8 Å². The second kappa shape index (κ2) is 3.44. The van der Waals surface area contributed by atoms with Crippen LogP contribution in [0.15, 0.2) is 17.0 Å². The van der Waals surface area contributed by atoms with Crippen LogP contribution < -0.4 is 0 Å². The van der Waals surface area contributed by atoms with Crippen LogP contribution in [0.5, 0.6) is 0 Å². The van der Waals surface area contributed by atoms with Gasteiger partial charge in [-0.3, -0.25) is 0 Å². The molecule has 0 radical (unpaired) electrons. The molecule has 0 aliphatic rings. The summed E-state index contributed by atoms with van der Waals surface area (Å²) >= 11 is 5.56. The van der Waals surface area contributed by atoms with Gasteiger partial charge in [0.2, 0.25) is 0 Å². The molecule has 0 spiro atoms. The normalized spacial score (nSPS) is 11.7. The minimum absolute atomic E-state index is 0.0726. The van der Waals surface area contributed by atoms with Gasteiger partial charge in [0.1, 0.15) is 10.7 Å². The summed E-state index contributed by atoms with van der Waals surface area (Å²) < 4.78 is 34.8. The van der Waals surface area contributed by atoms with Crippen LogP contribution in [0.2, 0.25) is 5.02 Å². The zero-order chi connectivity index (χ0) is 10.2. The number of hydrogen-bond acceptors (Lipinski definition) is 2. The monoisotopic (exact) mass is 242 g/mol. The average molecular weight is 243 g/mol. The molecule has 6 heteroatoms. The number of rotatable bonds is 1. The van der Waals surface area contributed by atoms with E-state index in [1.807, 2.05) is 0 Å². The smallest absolute Gasteiger partial charge is 0.207 e. The fraction of sp³-hybridized carbons (Fsp3) is 0.143. The maximum Gasteiger partial charge on any atom is 0.264 e. The molecule has 0 aromatic heterocycles. The van der Waals surface area contributed by atoms with Crippen LogP contribution in [0.25, 0.3) is 0 Å². The molecule has 0 atom stereocenters. The molecular weight excluding hydrogens is 238 g/mol. The first-order chi connectivity index (χ1) is 5.84. The van der Waals surface area contributed by atoms with Gasteiger partial charge in [0.05, 0.1) is 0 Å². The van der Waals surface area contributed by atoms with Gasteiger partial charge in [-0.05, 0) is 19.1 Å². The van der Waals surface area contributed by atoms with Crippen molar-refractivity contribution < 1.29 is 12.8 Å². The summed E-state index contributed by atoms with van der Waals surface area (Å²) in [5, 5.41) is 0.168. The van der Waals surface area contributed by atoms with Gasteiger partial charge < -0.3 is 0 Å². The molecule has 0 saturated heterocycles. The van der Waals surface area contributed by atoms with E-state index in [9.17, 15) is 12.8 Å². The summed E-state index contributed by atoms with van der Waals surface area (Å²) in [5.74, 6) is -0.900. The van der Waals surface area contributed by atoms with Crippen molar-refractivity contribution in [2.45, 2.75) is 11.8 Å². The van der Waals surface area contributed by atoms with E-state index in [-0.39, 0.29) is 10.6 Å². The van der Waals surface area contributed by atoms with Gasteiger partial charge in [0, 0.05) is 21.3 Å². The van der Waals surface area contributed by atoms with Crippen molar-refractivity contribution in [2.24, 2.45) is 0 Å². The molecule has 2 nitrogen and oxygen atoms in total. The number of hydrogen-bond donors (Lipinski definition) is 0. The zero-order valence-corrected chi connectivity index (χ0v) is 8.84. The molecule has 0 amide bonds. The lowest BCUT2D eigenvalue weighted by Gasteiger charge is -2.03. The number of benzene rings is 1. The highest BCUT2D eigenvalue weighted by molar-refractivity contribution is 8.13. The van der Waals surface area contributed by atoms with Gasteiger partial charge in [-0.1, -0.05) is 11.6 Å².